The van der Waals surface area contributed by atoms with Crippen LogP contribution < -0.4 is 30.7 Å². The van der Waals surface area contributed by atoms with Crippen LogP contribution in [-0.2, 0) is 9.59 Å². The summed E-state index contributed by atoms with van der Waals surface area (Å²) in [5.74, 6) is 1.00. The molecule has 1 unspecified atom stereocenters. The van der Waals surface area contributed by atoms with Gasteiger partial charge >= 0.3 is 5.69 Å². The third-order valence-corrected chi connectivity index (χ3v) is 11.9. The molecule has 1 aromatic carbocycles. The molecule has 0 spiro atoms. The number of imide groups is 1. The number of hydrogen-bond acceptors (Lipinski definition) is 11. The molecule has 15 nitrogen and oxygen atoms in total. The third-order valence-electron chi connectivity index (χ3n) is 11.5. The third kappa shape index (κ3) is 8.20. The highest BCUT2D eigenvalue weighted by Gasteiger charge is 2.64. The standard InChI is InChI=1S/C41H48ClN9O6/c1-40(2)37(41(3,4)38(40)57-29-10-8-26(24-43)30(42)22-29)46-35(53)27-9-12-32(44-25-27)49-19-17-48(18-20-49)15-6-5-7-21-56-28-14-16-50-33(23-28)47-51(39(50)55)31-11-13-34(52)45-36(31)54/h8-10,12,14,16,22-23,25,31,37-38H,5-7,11,13,15,17-21H2,1-4H3,(H,46,53)(H,45,52,54). The number of pyridine rings is 2. The van der Waals surface area contributed by atoms with Gasteiger partial charge in [-0.15, -0.1) is 5.10 Å². The smallest absolute Gasteiger partial charge is 0.351 e. The van der Waals surface area contributed by atoms with Crippen molar-refractivity contribution in [1.82, 2.24) is 34.7 Å². The van der Waals surface area contributed by atoms with Gasteiger partial charge in [-0.1, -0.05) is 39.3 Å². The maximum absolute atomic E-state index is 13.4. The Morgan fingerprint density at radius 3 is 2.46 bits per heavy atom. The number of ether oxygens (including phenoxy) is 2. The number of hydrogen-bond donors (Lipinski definition) is 2. The average molecular weight is 798 g/mol. The lowest BCUT2D eigenvalue weighted by Crippen LogP contribution is -2.74. The number of benzene rings is 1. The summed E-state index contributed by atoms with van der Waals surface area (Å²) in [7, 11) is 0. The fraction of sp³-hybridized carbons (Fsp3) is 0.488. The van der Waals surface area contributed by atoms with Crippen molar-refractivity contribution in [2.45, 2.75) is 78.0 Å². The molecular formula is C41H48ClN9O6. The largest absolute Gasteiger partial charge is 0.493 e. The second-order valence-electron chi connectivity index (χ2n) is 16.2. The number of fused-ring (bicyclic) bond motifs is 1. The van der Waals surface area contributed by atoms with Crippen LogP contribution in [0.1, 0.15) is 81.8 Å². The summed E-state index contributed by atoms with van der Waals surface area (Å²) in [5.41, 5.74) is 0.115. The minimum Gasteiger partial charge on any atom is -0.493 e. The Kier molecular flexibility index (Phi) is 11.3. The van der Waals surface area contributed by atoms with Crippen LogP contribution in [0, 0.1) is 22.2 Å². The topological polar surface area (TPSA) is 176 Å². The van der Waals surface area contributed by atoms with Crippen molar-refractivity contribution in [2.24, 2.45) is 10.8 Å². The number of anilines is 1. The number of carbonyl (C=O) groups excluding carboxylic acids is 3. The summed E-state index contributed by atoms with van der Waals surface area (Å²) < 4.78 is 14.8. The van der Waals surface area contributed by atoms with Crippen molar-refractivity contribution in [3.63, 3.8) is 0 Å². The van der Waals surface area contributed by atoms with Crippen LogP contribution in [0.3, 0.4) is 0 Å². The minimum atomic E-state index is -0.814. The van der Waals surface area contributed by atoms with Gasteiger partial charge in [0.25, 0.3) is 11.8 Å². The van der Waals surface area contributed by atoms with Crippen molar-refractivity contribution in [2.75, 3.05) is 44.2 Å². The number of unbranched alkanes of at least 4 members (excludes halogenated alkanes) is 2. The molecule has 3 amide bonds. The van der Waals surface area contributed by atoms with Gasteiger partial charge in [-0.2, -0.15) is 9.94 Å². The average Bonchev–Trinajstić information content (AvgIpc) is 3.52. The van der Waals surface area contributed by atoms with E-state index in [0.717, 1.165) is 62.5 Å². The molecule has 7 rings (SSSR count). The van der Waals surface area contributed by atoms with Gasteiger partial charge in [-0.25, -0.2) is 9.78 Å². The number of halogens is 1. The van der Waals surface area contributed by atoms with E-state index in [0.29, 0.717) is 39.9 Å². The van der Waals surface area contributed by atoms with Crippen molar-refractivity contribution < 1.29 is 23.9 Å². The van der Waals surface area contributed by atoms with Gasteiger partial charge in [0.15, 0.2) is 5.65 Å². The molecule has 1 saturated carbocycles. The zero-order chi connectivity index (χ0) is 40.5. The van der Waals surface area contributed by atoms with Crippen molar-refractivity contribution in [1.29, 1.82) is 5.26 Å². The first-order valence-electron chi connectivity index (χ1n) is 19.4. The maximum Gasteiger partial charge on any atom is 0.351 e. The molecule has 57 heavy (non-hydrogen) atoms. The van der Waals surface area contributed by atoms with Gasteiger partial charge in [0, 0.05) is 74.0 Å². The number of carbonyl (C=O) groups is 3. The predicted octanol–water partition coefficient (Wildman–Crippen LogP) is 4.38. The van der Waals surface area contributed by atoms with Gasteiger partial charge in [-0.3, -0.25) is 29.0 Å². The first-order chi connectivity index (χ1) is 27.3. The Morgan fingerprint density at radius 1 is 1.00 bits per heavy atom. The van der Waals surface area contributed by atoms with Crippen molar-refractivity contribution in [3.05, 3.63) is 81.5 Å². The molecule has 4 aromatic rings. The molecule has 2 N–H and O–H groups in total. The van der Waals surface area contributed by atoms with Gasteiger partial charge in [0.2, 0.25) is 5.91 Å². The lowest BCUT2D eigenvalue weighted by atomic mass is 9.49. The van der Waals surface area contributed by atoms with E-state index in [-0.39, 0.29) is 47.6 Å². The number of rotatable bonds is 13. The Bertz CT molecular complexity index is 2240. The molecule has 5 heterocycles. The van der Waals surface area contributed by atoms with Gasteiger partial charge < -0.3 is 19.7 Å². The molecule has 1 atom stereocenters. The number of amides is 3. The summed E-state index contributed by atoms with van der Waals surface area (Å²) in [6.07, 6.45) is 6.37. The molecule has 1 aliphatic carbocycles. The SMILES string of the molecule is CC1(C)C(NC(=O)c2ccc(N3CCN(CCCCCOc4ccn5c(=O)n(C6CCC(=O)NC6=O)nc5c4)CC3)nc2)C(C)(C)C1Oc1ccc(C#N)c(Cl)c1. The molecule has 2 aliphatic heterocycles. The molecule has 16 heteroatoms. The molecule has 3 fully saturated rings. The fourth-order valence-electron chi connectivity index (χ4n) is 8.70. The molecule has 300 valence electrons. The first-order valence-corrected chi connectivity index (χ1v) is 19.8. The Balaban J connectivity index is 0.812. The van der Waals surface area contributed by atoms with E-state index >= 15 is 0 Å². The van der Waals surface area contributed by atoms with Gasteiger partial charge in [0.1, 0.15) is 35.5 Å². The zero-order valence-corrected chi connectivity index (χ0v) is 33.4. The normalized spacial score (nSPS) is 21.7. The number of aromatic nitrogens is 4. The Labute approximate surface area is 335 Å². The van der Waals surface area contributed by atoms with Crippen LogP contribution >= 0.6 is 11.6 Å². The molecule has 2 saturated heterocycles. The number of piperidine rings is 1. The van der Waals surface area contributed by atoms with E-state index in [1.807, 2.05) is 12.1 Å². The van der Waals surface area contributed by atoms with E-state index in [2.05, 4.69) is 64.3 Å². The number of nitrogens with zero attached hydrogens (tertiary/aromatic N) is 7. The van der Waals surface area contributed by atoms with E-state index in [1.165, 1.54) is 4.40 Å². The van der Waals surface area contributed by atoms with Crippen LogP contribution in [-0.4, -0.2) is 93.3 Å². The summed E-state index contributed by atoms with van der Waals surface area (Å²) in [4.78, 5) is 59.3. The number of piperazine rings is 1. The van der Waals surface area contributed by atoms with Crippen LogP contribution in [0.15, 0.2) is 59.7 Å². The van der Waals surface area contributed by atoms with Gasteiger partial charge in [0.05, 0.1) is 22.8 Å². The minimum absolute atomic E-state index is 0.147. The van der Waals surface area contributed by atoms with Crippen LogP contribution in [0.25, 0.3) is 5.65 Å². The highest BCUT2D eigenvalue weighted by molar-refractivity contribution is 6.31. The molecule has 3 aliphatic rings. The van der Waals surface area contributed by atoms with Crippen LogP contribution in [0.2, 0.25) is 5.02 Å². The monoisotopic (exact) mass is 797 g/mol. The zero-order valence-electron chi connectivity index (χ0n) is 32.7. The Morgan fingerprint density at radius 2 is 1.77 bits per heavy atom. The van der Waals surface area contributed by atoms with E-state index < -0.39 is 17.6 Å². The van der Waals surface area contributed by atoms with Gasteiger partial charge in [-0.05, 0) is 62.6 Å². The van der Waals surface area contributed by atoms with Crippen LogP contribution in [0.4, 0.5) is 5.82 Å². The van der Waals surface area contributed by atoms with E-state index in [4.69, 9.17) is 21.1 Å². The summed E-state index contributed by atoms with van der Waals surface area (Å²) in [6, 6.07) is 13.3. The second kappa shape index (κ2) is 16.2. The molecule has 3 aromatic heterocycles. The molecular weight excluding hydrogens is 750 g/mol. The van der Waals surface area contributed by atoms with E-state index in [1.54, 1.807) is 42.7 Å². The molecule has 0 radical (unpaired) electrons. The highest BCUT2D eigenvalue weighted by atomic mass is 35.5. The van der Waals surface area contributed by atoms with Crippen molar-refractivity contribution >= 4 is 40.8 Å². The quantitative estimate of drug-likeness (QED) is 0.145. The first kappa shape index (κ1) is 39.8. The number of nitrogens with one attached hydrogen (secondary N) is 2. The number of nitriles is 1. The maximum atomic E-state index is 13.4. The fourth-order valence-corrected chi connectivity index (χ4v) is 8.92. The Hall–Kier alpha value is -5.46. The lowest BCUT2D eigenvalue weighted by Gasteiger charge is -2.63. The molecule has 0 bridgehead atoms. The predicted molar refractivity (Wildman–Crippen MR) is 213 cm³/mol. The van der Waals surface area contributed by atoms with Crippen molar-refractivity contribution in [3.8, 4) is 17.6 Å². The lowest BCUT2D eigenvalue weighted by molar-refractivity contribution is -0.164. The van der Waals surface area contributed by atoms with Crippen LogP contribution in [0.5, 0.6) is 11.5 Å². The summed E-state index contributed by atoms with van der Waals surface area (Å²) in [5, 5.41) is 19.4. The summed E-state index contributed by atoms with van der Waals surface area (Å²) >= 11 is 6.24. The summed E-state index contributed by atoms with van der Waals surface area (Å²) in [6.45, 7) is 13.4. The highest BCUT2D eigenvalue weighted by Crippen LogP contribution is 2.55. The second-order valence-corrected chi connectivity index (χ2v) is 16.6. The van der Waals surface area contributed by atoms with E-state index in [9.17, 15) is 24.4 Å².